The van der Waals surface area contributed by atoms with Crippen LogP contribution in [0.2, 0.25) is 0 Å². The molecule has 0 aliphatic carbocycles. The van der Waals surface area contributed by atoms with Gasteiger partial charge in [0.15, 0.2) is 6.10 Å². The van der Waals surface area contributed by atoms with Gasteiger partial charge in [-0.05, 0) is 35.2 Å². The Bertz CT molecular complexity index is 634. The molecule has 22 heavy (non-hydrogen) atoms. The number of H-pyrrole nitrogens is 1. The van der Waals surface area contributed by atoms with E-state index < -0.39 is 6.10 Å². The Morgan fingerprint density at radius 3 is 2.68 bits per heavy atom. The summed E-state index contributed by atoms with van der Waals surface area (Å²) in [7, 11) is 1.58. The van der Waals surface area contributed by atoms with Gasteiger partial charge >= 0.3 is 0 Å². The Balaban J connectivity index is 2.08. The fraction of sp³-hybridized carbons (Fsp3) is 0.467. The van der Waals surface area contributed by atoms with E-state index in [2.05, 4.69) is 41.4 Å². The highest BCUT2D eigenvalue weighted by Crippen LogP contribution is 2.26. The summed E-state index contributed by atoms with van der Waals surface area (Å²) >= 11 is 0. The van der Waals surface area contributed by atoms with Gasteiger partial charge in [0.05, 0.1) is 0 Å². The van der Waals surface area contributed by atoms with Crippen LogP contribution in [0.3, 0.4) is 0 Å². The molecule has 118 valence electrons. The molecule has 1 aromatic heterocycles. The number of carbonyl (C=O) groups is 1. The molecule has 0 spiro atoms. The predicted molar refractivity (Wildman–Crippen MR) is 82.8 cm³/mol. The van der Waals surface area contributed by atoms with Crippen LogP contribution in [0.5, 0.6) is 5.75 Å². The zero-order valence-electron chi connectivity index (χ0n) is 13.5. The Morgan fingerprint density at radius 2 is 2.09 bits per heavy atom. The van der Waals surface area contributed by atoms with Gasteiger partial charge in [0.25, 0.3) is 11.9 Å². The van der Waals surface area contributed by atoms with Crippen LogP contribution >= 0.6 is 0 Å². The van der Waals surface area contributed by atoms with Crippen molar-refractivity contribution in [2.45, 2.75) is 39.2 Å². The number of rotatable bonds is 4. The van der Waals surface area contributed by atoms with Gasteiger partial charge in [-0.25, -0.2) is 0 Å². The first-order chi connectivity index (χ1) is 10.3. The zero-order chi connectivity index (χ0) is 16.3. The van der Waals surface area contributed by atoms with E-state index in [1.54, 1.807) is 14.0 Å². The van der Waals surface area contributed by atoms with Crippen molar-refractivity contribution in [3.63, 3.8) is 0 Å². The minimum absolute atomic E-state index is 0.0219. The second-order valence-electron chi connectivity index (χ2n) is 6.15. The van der Waals surface area contributed by atoms with E-state index in [0.29, 0.717) is 5.75 Å². The molecule has 0 bridgehead atoms. The Morgan fingerprint density at radius 1 is 1.36 bits per heavy atom. The fourth-order valence-corrected chi connectivity index (χ4v) is 1.96. The highest BCUT2D eigenvalue weighted by molar-refractivity contribution is 5.94. The number of anilines is 1. The maximum Gasteiger partial charge on any atom is 0.272 e. The summed E-state index contributed by atoms with van der Waals surface area (Å²) < 4.78 is 5.75. The number of hydrogen-bond donors (Lipinski definition) is 1. The van der Waals surface area contributed by atoms with Crippen LogP contribution in [0.4, 0.5) is 5.95 Å². The number of nitrogens with zero attached hydrogens (tertiary/aromatic N) is 4. The first kappa shape index (κ1) is 15.9. The molecular formula is C15H21N5O2. The van der Waals surface area contributed by atoms with E-state index in [1.165, 1.54) is 4.90 Å². The van der Waals surface area contributed by atoms with Crippen LogP contribution in [-0.4, -0.2) is 39.7 Å². The highest BCUT2D eigenvalue weighted by atomic mass is 16.5. The summed E-state index contributed by atoms with van der Waals surface area (Å²) in [5, 5.41) is 13.3. The molecule has 0 saturated carbocycles. The summed E-state index contributed by atoms with van der Waals surface area (Å²) in [5.41, 5.74) is 1.17. The Kier molecular flexibility index (Phi) is 4.44. The van der Waals surface area contributed by atoms with Crippen molar-refractivity contribution >= 4 is 11.9 Å². The van der Waals surface area contributed by atoms with E-state index in [4.69, 9.17) is 4.74 Å². The summed E-state index contributed by atoms with van der Waals surface area (Å²) in [6.45, 7) is 8.09. The molecule has 7 heteroatoms. The lowest BCUT2D eigenvalue weighted by Gasteiger charge is -2.22. The van der Waals surface area contributed by atoms with Crippen molar-refractivity contribution in [2.24, 2.45) is 0 Å². The van der Waals surface area contributed by atoms with Crippen LogP contribution in [0.25, 0.3) is 0 Å². The second kappa shape index (κ2) is 6.13. The van der Waals surface area contributed by atoms with Crippen LogP contribution in [0.15, 0.2) is 24.3 Å². The molecule has 1 atom stereocenters. The zero-order valence-corrected chi connectivity index (χ0v) is 13.5. The van der Waals surface area contributed by atoms with E-state index in [9.17, 15) is 4.79 Å². The summed E-state index contributed by atoms with van der Waals surface area (Å²) in [5.74, 6) is 0.626. The van der Waals surface area contributed by atoms with Crippen molar-refractivity contribution in [2.75, 3.05) is 11.9 Å². The molecule has 1 aromatic carbocycles. The molecule has 0 aliphatic heterocycles. The molecule has 0 fully saturated rings. The number of likely N-dealkylation sites (N-methyl/N-ethyl adjacent to an activating group) is 1. The van der Waals surface area contributed by atoms with Crippen LogP contribution in [0, 0.1) is 0 Å². The van der Waals surface area contributed by atoms with Gasteiger partial charge in [0, 0.05) is 7.05 Å². The van der Waals surface area contributed by atoms with Gasteiger partial charge in [0.2, 0.25) is 0 Å². The number of hydrogen-bond acceptors (Lipinski definition) is 5. The molecule has 2 rings (SSSR count). The van der Waals surface area contributed by atoms with Crippen molar-refractivity contribution in [3.8, 4) is 5.75 Å². The minimum Gasteiger partial charge on any atom is -0.481 e. The molecule has 0 aliphatic rings. The SMILES string of the molecule is CC(Oc1cccc(C(C)(C)C)c1)C(=O)N(C)c1nn[nH]n1. The maximum absolute atomic E-state index is 12.3. The first-order valence-corrected chi connectivity index (χ1v) is 7.07. The second-order valence-corrected chi connectivity index (χ2v) is 6.15. The molecule has 1 N–H and O–H groups in total. The van der Waals surface area contributed by atoms with Crippen LogP contribution < -0.4 is 9.64 Å². The molecule has 1 unspecified atom stereocenters. The number of aromatic nitrogens is 4. The standard InChI is InChI=1S/C15H21N5O2/c1-10(13(21)20(5)14-16-18-19-17-14)22-12-8-6-7-11(9-12)15(2,3)4/h6-10H,1-5H3,(H,16,17,18,19). The maximum atomic E-state index is 12.3. The molecule has 0 radical (unpaired) electrons. The number of amides is 1. The number of nitrogens with one attached hydrogen (secondary N) is 1. The van der Waals surface area contributed by atoms with E-state index in [1.807, 2.05) is 24.3 Å². The quantitative estimate of drug-likeness (QED) is 0.933. The third-order valence-electron chi connectivity index (χ3n) is 3.33. The Labute approximate surface area is 129 Å². The number of ether oxygens (including phenoxy) is 1. The van der Waals surface area contributed by atoms with Crippen molar-refractivity contribution in [3.05, 3.63) is 29.8 Å². The van der Waals surface area contributed by atoms with Crippen LogP contribution in [0.1, 0.15) is 33.3 Å². The Hall–Kier alpha value is -2.44. The van der Waals surface area contributed by atoms with Gasteiger partial charge in [-0.1, -0.05) is 38.0 Å². The van der Waals surface area contributed by atoms with Crippen molar-refractivity contribution in [1.29, 1.82) is 0 Å². The average molecular weight is 303 g/mol. The largest absolute Gasteiger partial charge is 0.481 e. The monoisotopic (exact) mass is 303 g/mol. The normalized spacial score (nSPS) is 12.8. The van der Waals surface area contributed by atoms with Gasteiger partial charge in [-0.3, -0.25) is 9.69 Å². The minimum atomic E-state index is -0.654. The summed E-state index contributed by atoms with van der Waals surface area (Å²) in [6.07, 6.45) is -0.654. The number of tetrazole rings is 1. The molecule has 7 nitrogen and oxygen atoms in total. The fourth-order valence-electron chi connectivity index (χ4n) is 1.96. The topological polar surface area (TPSA) is 84.0 Å². The lowest BCUT2D eigenvalue weighted by atomic mass is 9.87. The third kappa shape index (κ3) is 3.60. The van der Waals surface area contributed by atoms with Gasteiger partial charge in [0.1, 0.15) is 5.75 Å². The predicted octanol–water partition coefficient (Wildman–Crippen LogP) is 1.93. The number of carbonyl (C=O) groups excluding carboxylic acids is 1. The van der Waals surface area contributed by atoms with Crippen LogP contribution in [-0.2, 0) is 10.2 Å². The molecule has 1 amide bonds. The van der Waals surface area contributed by atoms with Crippen molar-refractivity contribution in [1.82, 2.24) is 20.6 Å². The van der Waals surface area contributed by atoms with Crippen molar-refractivity contribution < 1.29 is 9.53 Å². The van der Waals surface area contributed by atoms with E-state index in [0.717, 1.165) is 5.56 Å². The molecular weight excluding hydrogens is 282 g/mol. The first-order valence-electron chi connectivity index (χ1n) is 7.07. The third-order valence-corrected chi connectivity index (χ3v) is 3.33. The molecule has 0 saturated heterocycles. The molecule has 2 aromatic rings. The van der Waals surface area contributed by atoms with Gasteiger partial charge < -0.3 is 4.74 Å². The average Bonchev–Trinajstić information content (AvgIpc) is 2.99. The van der Waals surface area contributed by atoms with E-state index >= 15 is 0 Å². The number of benzene rings is 1. The van der Waals surface area contributed by atoms with Gasteiger partial charge in [-0.15, -0.1) is 5.10 Å². The summed E-state index contributed by atoms with van der Waals surface area (Å²) in [4.78, 5) is 13.6. The summed E-state index contributed by atoms with van der Waals surface area (Å²) in [6, 6.07) is 7.77. The lowest BCUT2D eigenvalue weighted by molar-refractivity contribution is -0.124. The number of aromatic amines is 1. The van der Waals surface area contributed by atoms with E-state index in [-0.39, 0.29) is 17.3 Å². The van der Waals surface area contributed by atoms with Gasteiger partial charge in [-0.2, -0.15) is 5.21 Å². The smallest absolute Gasteiger partial charge is 0.272 e. The lowest BCUT2D eigenvalue weighted by Crippen LogP contribution is -2.38. The highest BCUT2D eigenvalue weighted by Gasteiger charge is 2.23. The molecule has 1 heterocycles.